The quantitative estimate of drug-likeness (QED) is 0.860. The first-order chi connectivity index (χ1) is 7.97. The molecule has 7 heteroatoms. The molecule has 0 aliphatic carbocycles. The fourth-order valence-electron chi connectivity index (χ4n) is 1.66. The fourth-order valence-corrected chi connectivity index (χ4v) is 1.66. The summed E-state index contributed by atoms with van der Waals surface area (Å²) < 4.78 is 42.4. The van der Waals surface area contributed by atoms with Gasteiger partial charge >= 0.3 is 6.18 Å². The predicted molar refractivity (Wildman–Crippen MR) is 62.6 cm³/mol. The van der Waals surface area contributed by atoms with Crippen molar-refractivity contribution in [2.24, 2.45) is 0 Å². The number of hydrogen-bond donors (Lipinski definition) is 1. The van der Waals surface area contributed by atoms with Crippen molar-refractivity contribution in [1.82, 2.24) is 10.3 Å². The van der Waals surface area contributed by atoms with E-state index < -0.39 is 11.7 Å². The van der Waals surface area contributed by atoms with E-state index in [1.807, 2.05) is 6.92 Å². The van der Waals surface area contributed by atoms with Gasteiger partial charge in [-0.25, -0.2) is 0 Å². The van der Waals surface area contributed by atoms with Crippen LogP contribution in [0, 0.1) is 0 Å². The normalized spacial score (nSPS) is 24.4. The molecule has 1 aromatic rings. The number of aromatic nitrogens is 1. The van der Waals surface area contributed by atoms with E-state index in [9.17, 15) is 13.2 Å². The molecule has 1 aromatic heterocycles. The van der Waals surface area contributed by atoms with Gasteiger partial charge in [-0.2, -0.15) is 13.2 Å². The second kappa shape index (κ2) is 5.86. The molecule has 1 N–H and O–H groups in total. The van der Waals surface area contributed by atoms with Crippen LogP contribution in [0.25, 0.3) is 0 Å². The molecule has 0 radical (unpaired) electrons. The number of hydrogen-bond acceptors (Lipinski definition) is 3. The van der Waals surface area contributed by atoms with Crippen LogP contribution in [-0.4, -0.2) is 24.2 Å². The number of pyridine rings is 1. The molecule has 1 fully saturated rings. The average Bonchev–Trinajstić information content (AvgIpc) is 2.29. The molecule has 3 nitrogen and oxygen atoms in total. The van der Waals surface area contributed by atoms with E-state index in [0.717, 1.165) is 12.3 Å². The van der Waals surface area contributed by atoms with Crippen molar-refractivity contribution in [2.45, 2.75) is 25.2 Å². The maximum absolute atomic E-state index is 12.3. The molecule has 18 heavy (non-hydrogen) atoms. The molecule has 2 heterocycles. The lowest BCUT2D eigenvalue weighted by molar-refractivity contribution is -0.137. The van der Waals surface area contributed by atoms with Gasteiger partial charge in [0.05, 0.1) is 30.0 Å². The van der Waals surface area contributed by atoms with E-state index in [1.165, 1.54) is 6.07 Å². The molecule has 0 amide bonds. The minimum Gasteiger partial charge on any atom is -0.375 e. The molecular weight excluding hydrogens is 269 g/mol. The Morgan fingerprint density at radius 1 is 1.39 bits per heavy atom. The highest BCUT2D eigenvalue weighted by Crippen LogP contribution is 2.29. The number of ether oxygens (including phenoxy) is 1. The van der Waals surface area contributed by atoms with Crippen LogP contribution in [0.5, 0.6) is 0 Å². The zero-order valence-corrected chi connectivity index (χ0v) is 10.5. The molecule has 1 saturated heterocycles. The lowest BCUT2D eigenvalue weighted by atomic mass is 10.1. The third kappa shape index (κ3) is 3.57. The summed E-state index contributed by atoms with van der Waals surface area (Å²) in [6.45, 7) is 3.04. The predicted octanol–water partition coefficient (Wildman–Crippen LogP) is 2.57. The van der Waals surface area contributed by atoms with Gasteiger partial charge in [0.15, 0.2) is 0 Å². The van der Waals surface area contributed by atoms with Gasteiger partial charge < -0.3 is 10.1 Å². The zero-order valence-electron chi connectivity index (χ0n) is 9.70. The largest absolute Gasteiger partial charge is 0.417 e. The van der Waals surface area contributed by atoms with Crippen LogP contribution in [0.15, 0.2) is 18.3 Å². The van der Waals surface area contributed by atoms with E-state index in [4.69, 9.17) is 4.74 Å². The Labute approximate surface area is 109 Å². The van der Waals surface area contributed by atoms with Gasteiger partial charge in [-0.15, -0.1) is 12.4 Å². The first kappa shape index (κ1) is 15.2. The number of alkyl halides is 3. The van der Waals surface area contributed by atoms with Crippen molar-refractivity contribution in [3.8, 4) is 0 Å². The molecule has 2 atom stereocenters. The van der Waals surface area contributed by atoms with Gasteiger partial charge in [0.25, 0.3) is 0 Å². The van der Waals surface area contributed by atoms with E-state index in [1.54, 1.807) is 0 Å². The zero-order chi connectivity index (χ0) is 12.5. The lowest BCUT2D eigenvalue weighted by Crippen LogP contribution is -2.40. The average molecular weight is 283 g/mol. The topological polar surface area (TPSA) is 34.2 Å². The van der Waals surface area contributed by atoms with Gasteiger partial charge in [-0.1, -0.05) is 0 Å². The van der Waals surface area contributed by atoms with Crippen LogP contribution in [0.3, 0.4) is 0 Å². The Kier molecular flexibility index (Phi) is 4.95. The van der Waals surface area contributed by atoms with Crippen LogP contribution in [0.1, 0.15) is 24.2 Å². The minimum atomic E-state index is -4.34. The highest BCUT2D eigenvalue weighted by atomic mass is 35.5. The fraction of sp³-hybridized carbons (Fsp3) is 0.545. The van der Waals surface area contributed by atoms with Crippen molar-refractivity contribution < 1.29 is 17.9 Å². The molecule has 0 spiro atoms. The highest BCUT2D eigenvalue weighted by Gasteiger charge is 2.31. The molecule has 0 aromatic carbocycles. The Hall–Kier alpha value is -0.850. The van der Waals surface area contributed by atoms with Gasteiger partial charge in [0, 0.05) is 12.7 Å². The summed E-state index contributed by atoms with van der Waals surface area (Å²) in [5, 5.41) is 3.17. The maximum Gasteiger partial charge on any atom is 0.417 e. The summed E-state index contributed by atoms with van der Waals surface area (Å²) in [6.07, 6.45) is -3.35. The number of morpholine rings is 1. The lowest BCUT2D eigenvalue weighted by Gasteiger charge is -2.28. The molecule has 1 aliphatic heterocycles. The standard InChI is InChI=1S/C11H13F3N2O.ClH/c1-7-4-15-10(6-17-7)9-3-2-8(5-16-9)11(12,13)14;/h2-3,5,7,10,15H,4,6H2,1H3;1H/t7-,10?;/m1./s1. The second-order valence-corrected chi connectivity index (χ2v) is 4.07. The second-order valence-electron chi connectivity index (χ2n) is 4.07. The molecular formula is C11H14ClF3N2O. The monoisotopic (exact) mass is 282 g/mol. The Morgan fingerprint density at radius 2 is 2.11 bits per heavy atom. The minimum absolute atomic E-state index is 0. The van der Waals surface area contributed by atoms with Crippen LogP contribution >= 0.6 is 12.4 Å². The molecule has 102 valence electrons. The van der Waals surface area contributed by atoms with Crippen LogP contribution in [0.2, 0.25) is 0 Å². The maximum atomic E-state index is 12.3. The summed E-state index contributed by atoms with van der Waals surface area (Å²) in [7, 11) is 0. The molecule has 2 rings (SSSR count). The van der Waals surface area contributed by atoms with Crippen LogP contribution in [0.4, 0.5) is 13.2 Å². The summed E-state index contributed by atoms with van der Waals surface area (Å²) in [4.78, 5) is 3.83. The highest BCUT2D eigenvalue weighted by molar-refractivity contribution is 5.85. The molecule has 0 saturated carbocycles. The van der Waals surface area contributed by atoms with Crippen molar-refractivity contribution in [3.05, 3.63) is 29.6 Å². The van der Waals surface area contributed by atoms with Gasteiger partial charge in [0.2, 0.25) is 0 Å². The summed E-state index contributed by atoms with van der Waals surface area (Å²) >= 11 is 0. The van der Waals surface area contributed by atoms with Gasteiger partial charge in [-0.3, -0.25) is 4.98 Å². The summed E-state index contributed by atoms with van der Waals surface area (Å²) in [5.74, 6) is 0. The van der Waals surface area contributed by atoms with Crippen LogP contribution < -0.4 is 5.32 Å². The Morgan fingerprint density at radius 3 is 2.56 bits per heavy atom. The SMILES string of the molecule is C[C@@H]1CNC(c2ccc(C(F)(F)F)cn2)CO1.Cl. The van der Waals surface area contributed by atoms with Crippen molar-refractivity contribution >= 4 is 12.4 Å². The summed E-state index contributed by atoms with van der Waals surface area (Å²) in [6, 6.07) is 2.30. The summed E-state index contributed by atoms with van der Waals surface area (Å²) in [5.41, 5.74) is -0.156. The number of nitrogens with one attached hydrogen (secondary N) is 1. The van der Waals surface area contributed by atoms with Crippen molar-refractivity contribution in [2.75, 3.05) is 13.2 Å². The molecule has 1 aliphatic rings. The van der Waals surface area contributed by atoms with Crippen molar-refractivity contribution in [3.63, 3.8) is 0 Å². The smallest absolute Gasteiger partial charge is 0.375 e. The number of nitrogens with zero attached hydrogens (tertiary/aromatic N) is 1. The van der Waals surface area contributed by atoms with E-state index in [-0.39, 0.29) is 24.6 Å². The number of rotatable bonds is 1. The van der Waals surface area contributed by atoms with E-state index >= 15 is 0 Å². The molecule has 0 bridgehead atoms. The Balaban J connectivity index is 0.00000162. The van der Waals surface area contributed by atoms with Gasteiger partial charge in [-0.05, 0) is 19.1 Å². The molecule has 1 unspecified atom stereocenters. The van der Waals surface area contributed by atoms with E-state index in [2.05, 4.69) is 10.3 Å². The van der Waals surface area contributed by atoms with Gasteiger partial charge in [0.1, 0.15) is 0 Å². The van der Waals surface area contributed by atoms with E-state index in [0.29, 0.717) is 18.8 Å². The first-order valence-corrected chi connectivity index (χ1v) is 5.35. The number of halogens is 4. The first-order valence-electron chi connectivity index (χ1n) is 5.35. The third-order valence-electron chi connectivity index (χ3n) is 2.67. The Bertz CT molecular complexity index is 375. The third-order valence-corrected chi connectivity index (χ3v) is 2.67. The van der Waals surface area contributed by atoms with Crippen molar-refractivity contribution in [1.29, 1.82) is 0 Å². The van der Waals surface area contributed by atoms with Crippen LogP contribution in [-0.2, 0) is 10.9 Å².